The minimum atomic E-state index is -0.119. The van der Waals surface area contributed by atoms with E-state index in [0.717, 1.165) is 15.6 Å². The summed E-state index contributed by atoms with van der Waals surface area (Å²) in [6.45, 7) is 4.72. The van der Waals surface area contributed by atoms with Crippen LogP contribution < -0.4 is 5.69 Å². The quantitative estimate of drug-likeness (QED) is 0.682. The van der Waals surface area contributed by atoms with Gasteiger partial charge in [-0.1, -0.05) is 37.6 Å². The molecule has 0 aliphatic heterocycles. The Morgan fingerprint density at radius 2 is 1.91 bits per heavy atom. The van der Waals surface area contributed by atoms with Gasteiger partial charge in [-0.25, -0.2) is 13.9 Å². The molecule has 0 bridgehead atoms. The molecule has 1 aromatic carbocycles. The fourth-order valence-corrected chi connectivity index (χ4v) is 3.05. The third-order valence-corrected chi connectivity index (χ3v) is 4.29. The molecule has 0 saturated heterocycles. The van der Waals surface area contributed by atoms with Crippen LogP contribution in [0.25, 0.3) is 16.8 Å². The van der Waals surface area contributed by atoms with Gasteiger partial charge in [0.2, 0.25) is 0 Å². The molecular formula is C16H15BrClN3O. The van der Waals surface area contributed by atoms with Crippen molar-refractivity contribution in [2.24, 2.45) is 5.92 Å². The topological polar surface area (TPSA) is 39.3 Å². The lowest BCUT2D eigenvalue weighted by Crippen LogP contribution is -2.23. The third-order valence-electron chi connectivity index (χ3n) is 3.37. The highest BCUT2D eigenvalue weighted by Crippen LogP contribution is 2.31. The van der Waals surface area contributed by atoms with E-state index in [4.69, 9.17) is 11.6 Å². The van der Waals surface area contributed by atoms with E-state index in [1.165, 1.54) is 4.68 Å². The summed E-state index contributed by atoms with van der Waals surface area (Å²) in [5.74, 6) is 0.352. The number of halogens is 2. The highest BCUT2D eigenvalue weighted by Gasteiger charge is 2.15. The zero-order valence-electron chi connectivity index (χ0n) is 12.3. The second kappa shape index (κ2) is 5.89. The number of hydrogen-bond acceptors (Lipinski definition) is 2. The molecule has 0 saturated carbocycles. The number of aromatic nitrogens is 3. The molecule has 0 spiro atoms. The largest absolute Gasteiger partial charge is 0.350 e. The molecule has 3 rings (SSSR count). The highest BCUT2D eigenvalue weighted by molar-refractivity contribution is 9.10. The van der Waals surface area contributed by atoms with Gasteiger partial charge in [-0.3, -0.25) is 0 Å². The lowest BCUT2D eigenvalue weighted by atomic mass is 10.1. The van der Waals surface area contributed by atoms with E-state index in [2.05, 4.69) is 34.9 Å². The first-order valence-electron chi connectivity index (χ1n) is 7.01. The summed E-state index contributed by atoms with van der Waals surface area (Å²) in [5.41, 5.74) is 2.37. The lowest BCUT2D eigenvalue weighted by Gasteiger charge is -2.06. The Morgan fingerprint density at radius 3 is 2.55 bits per heavy atom. The van der Waals surface area contributed by atoms with Crippen molar-refractivity contribution in [2.45, 2.75) is 20.4 Å². The average Bonchev–Trinajstić information content (AvgIpc) is 2.76. The molecule has 6 heteroatoms. The minimum Gasteiger partial charge on any atom is -0.250 e. The minimum absolute atomic E-state index is 0.119. The summed E-state index contributed by atoms with van der Waals surface area (Å²) >= 11 is 9.52. The van der Waals surface area contributed by atoms with E-state index in [1.807, 2.05) is 30.3 Å². The number of rotatable bonds is 3. The highest BCUT2D eigenvalue weighted by atomic mass is 79.9. The SMILES string of the molecule is CC(C)Cn1nc2c(-c3ccc(Cl)cc3)c(Br)ccn2c1=O. The summed E-state index contributed by atoms with van der Waals surface area (Å²) in [6, 6.07) is 9.37. The Balaban J connectivity index is 2.27. The summed E-state index contributed by atoms with van der Waals surface area (Å²) in [7, 11) is 0. The van der Waals surface area contributed by atoms with Gasteiger partial charge in [-0.15, -0.1) is 5.10 Å². The molecule has 22 heavy (non-hydrogen) atoms. The maximum Gasteiger partial charge on any atom is 0.350 e. The Labute approximate surface area is 141 Å². The van der Waals surface area contributed by atoms with Crippen molar-refractivity contribution < 1.29 is 0 Å². The molecule has 0 aliphatic rings. The smallest absolute Gasteiger partial charge is 0.250 e. The van der Waals surface area contributed by atoms with E-state index in [9.17, 15) is 4.79 Å². The van der Waals surface area contributed by atoms with Crippen molar-refractivity contribution in [3.05, 3.63) is 56.5 Å². The van der Waals surface area contributed by atoms with Gasteiger partial charge in [-0.2, -0.15) is 0 Å². The molecule has 0 aliphatic carbocycles. The predicted octanol–water partition coefficient (Wildman–Crippen LogP) is 4.23. The van der Waals surface area contributed by atoms with Gasteiger partial charge >= 0.3 is 5.69 Å². The van der Waals surface area contributed by atoms with Crippen molar-refractivity contribution in [1.29, 1.82) is 0 Å². The van der Waals surface area contributed by atoms with Gasteiger partial charge in [0.1, 0.15) is 0 Å². The molecule has 0 fully saturated rings. The standard InChI is InChI=1S/C16H15BrClN3O/c1-10(2)9-21-16(22)20-8-7-13(17)14(15(20)19-21)11-3-5-12(18)6-4-11/h3-8,10H,9H2,1-2H3. The lowest BCUT2D eigenvalue weighted by molar-refractivity contribution is 0.471. The predicted molar refractivity (Wildman–Crippen MR) is 92.4 cm³/mol. The van der Waals surface area contributed by atoms with Crippen LogP contribution in [0.4, 0.5) is 0 Å². The molecule has 2 aromatic heterocycles. The summed E-state index contributed by atoms with van der Waals surface area (Å²) in [6.07, 6.45) is 1.74. The van der Waals surface area contributed by atoms with Crippen LogP contribution in [0.15, 0.2) is 45.8 Å². The normalized spacial score (nSPS) is 11.5. The van der Waals surface area contributed by atoms with Crippen LogP contribution in [0, 0.1) is 5.92 Å². The van der Waals surface area contributed by atoms with Crippen molar-refractivity contribution in [2.75, 3.05) is 0 Å². The zero-order chi connectivity index (χ0) is 15.9. The first kappa shape index (κ1) is 15.3. The van der Waals surface area contributed by atoms with Gasteiger partial charge in [0.05, 0.1) is 0 Å². The Hall–Kier alpha value is -1.59. The van der Waals surface area contributed by atoms with Crippen molar-refractivity contribution in [1.82, 2.24) is 14.2 Å². The van der Waals surface area contributed by atoms with Crippen LogP contribution >= 0.6 is 27.5 Å². The van der Waals surface area contributed by atoms with Crippen molar-refractivity contribution in [3.8, 4) is 11.1 Å². The van der Waals surface area contributed by atoms with Crippen molar-refractivity contribution >= 4 is 33.2 Å². The fourth-order valence-electron chi connectivity index (χ4n) is 2.40. The second-order valence-electron chi connectivity index (χ2n) is 5.60. The number of benzene rings is 1. The van der Waals surface area contributed by atoms with E-state index in [-0.39, 0.29) is 5.69 Å². The number of nitrogens with zero attached hydrogens (tertiary/aromatic N) is 3. The number of fused-ring (bicyclic) bond motifs is 1. The van der Waals surface area contributed by atoms with Gasteiger partial charge in [0, 0.05) is 27.8 Å². The monoisotopic (exact) mass is 379 g/mol. The van der Waals surface area contributed by atoms with Gasteiger partial charge in [0.15, 0.2) is 5.65 Å². The Kier molecular flexibility index (Phi) is 4.10. The molecule has 0 N–H and O–H groups in total. The summed E-state index contributed by atoms with van der Waals surface area (Å²) < 4.78 is 3.99. The number of pyridine rings is 1. The molecule has 2 heterocycles. The molecule has 4 nitrogen and oxygen atoms in total. The molecule has 0 atom stereocenters. The van der Waals surface area contributed by atoms with Gasteiger partial charge in [-0.05, 0) is 45.6 Å². The van der Waals surface area contributed by atoms with E-state index >= 15 is 0 Å². The van der Waals surface area contributed by atoms with E-state index in [1.54, 1.807) is 10.6 Å². The fraction of sp³-hybridized carbons (Fsp3) is 0.250. The molecule has 3 aromatic rings. The number of hydrogen-bond donors (Lipinski definition) is 0. The van der Waals surface area contributed by atoms with Crippen LogP contribution in [0.1, 0.15) is 13.8 Å². The van der Waals surface area contributed by atoms with Crippen LogP contribution in [0.2, 0.25) is 5.02 Å². The van der Waals surface area contributed by atoms with Crippen LogP contribution in [-0.4, -0.2) is 14.2 Å². The average molecular weight is 381 g/mol. The maximum absolute atomic E-state index is 12.4. The van der Waals surface area contributed by atoms with Gasteiger partial charge in [0.25, 0.3) is 0 Å². The van der Waals surface area contributed by atoms with Crippen LogP contribution in [0.3, 0.4) is 0 Å². The maximum atomic E-state index is 12.4. The molecule has 0 radical (unpaired) electrons. The van der Waals surface area contributed by atoms with Crippen molar-refractivity contribution in [3.63, 3.8) is 0 Å². The molecule has 114 valence electrons. The first-order valence-corrected chi connectivity index (χ1v) is 8.18. The Morgan fingerprint density at radius 1 is 1.23 bits per heavy atom. The van der Waals surface area contributed by atoms with Crippen LogP contribution in [-0.2, 0) is 6.54 Å². The zero-order valence-corrected chi connectivity index (χ0v) is 14.6. The molecule has 0 unspecified atom stereocenters. The second-order valence-corrected chi connectivity index (χ2v) is 6.89. The van der Waals surface area contributed by atoms with Crippen LogP contribution in [0.5, 0.6) is 0 Å². The Bertz CT molecular complexity index is 881. The third kappa shape index (κ3) is 2.71. The summed E-state index contributed by atoms with van der Waals surface area (Å²) in [5, 5.41) is 5.19. The molecule has 0 amide bonds. The van der Waals surface area contributed by atoms with E-state index in [0.29, 0.717) is 23.1 Å². The molecular weight excluding hydrogens is 366 g/mol. The first-order chi connectivity index (χ1) is 10.5. The van der Waals surface area contributed by atoms with Gasteiger partial charge < -0.3 is 0 Å². The summed E-state index contributed by atoms with van der Waals surface area (Å²) in [4.78, 5) is 12.4. The van der Waals surface area contributed by atoms with E-state index < -0.39 is 0 Å².